The number of hydrogen-bond acceptors (Lipinski definition) is 0. The first-order valence-electron chi connectivity index (χ1n) is 5.19. The molecule has 0 aliphatic heterocycles. The van der Waals surface area contributed by atoms with E-state index in [1.807, 2.05) is 0 Å². The molecule has 90 valence electrons. The van der Waals surface area contributed by atoms with Crippen molar-refractivity contribution in [3.63, 3.8) is 0 Å². The molecule has 3 heteroatoms. The molecule has 0 nitrogen and oxygen atoms in total. The summed E-state index contributed by atoms with van der Waals surface area (Å²) in [6, 6.07) is 0. The second kappa shape index (κ2) is 14.5. The number of rotatable bonds is 0. The van der Waals surface area contributed by atoms with Gasteiger partial charge in [-0.2, -0.15) is 0 Å². The molecule has 0 radical (unpaired) electrons. The Bertz CT molecular complexity index is 147. The van der Waals surface area contributed by atoms with Crippen LogP contribution in [0.3, 0.4) is 0 Å². The zero-order valence-electron chi connectivity index (χ0n) is 8.78. The van der Waals surface area contributed by atoms with Crippen molar-refractivity contribution < 1.29 is 15.9 Å². The quantitative estimate of drug-likeness (QED) is 0.410. The Hall–Kier alpha value is 0.462. The predicted molar refractivity (Wildman–Crippen MR) is 66.8 cm³/mol. The molecule has 1 aliphatic carbocycles. The van der Waals surface area contributed by atoms with Crippen molar-refractivity contribution in [2.75, 3.05) is 0 Å². The molecular weight excluding hydrogens is 321 g/mol. The summed E-state index contributed by atoms with van der Waals surface area (Å²) < 4.78 is 0. The van der Waals surface area contributed by atoms with Gasteiger partial charge in [0.1, 0.15) is 0 Å². The second-order valence-electron chi connectivity index (χ2n) is 3.19. The van der Waals surface area contributed by atoms with E-state index in [1.54, 1.807) is 0 Å². The summed E-state index contributed by atoms with van der Waals surface area (Å²) in [5, 5.41) is 0. The molecule has 0 fully saturated rings. The summed E-state index contributed by atoms with van der Waals surface area (Å²) in [7, 11) is 9.63. The maximum absolute atomic E-state index is 4.81. The van der Waals surface area contributed by atoms with Crippen LogP contribution < -0.4 is 0 Å². The Kier molecular flexibility index (Phi) is 14.9. The fourth-order valence-corrected chi connectivity index (χ4v) is 1.28. The molecule has 0 amide bonds. The normalized spacial score (nSPS) is 17.5. The van der Waals surface area contributed by atoms with Gasteiger partial charge in [0.2, 0.25) is 0 Å². The summed E-state index contributed by atoms with van der Waals surface area (Å²) in [5.41, 5.74) is 0. The Morgan fingerprint density at radius 2 is 0.667 bits per heavy atom. The Labute approximate surface area is 110 Å². The molecule has 0 saturated carbocycles. The zero-order valence-corrected chi connectivity index (χ0v) is 11.8. The minimum absolute atomic E-state index is 0.106. The summed E-state index contributed by atoms with van der Waals surface area (Å²) in [6.07, 6.45) is 21.0. The van der Waals surface area contributed by atoms with Gasteiger partial charge >= 0.3 is 35.0 Å². The van der Waals surface area contributed by atoms with Gasteiger partial charge in [0.05, 0.1) is 0 Å². The topological polar surface area (TPSA) is 0 Å². The third kappa shape index (κ3) is 14.5. The summed E-state index contributed by atoms with van der Waals surface area (Å²) in [6.45, 7) is 0. The molecule has 0 atom stereocenters. The van der Waals surface area contributed by atoms with E-state index in [0.717, 1.165) is 0 Å². The van der Waals surface area contributed by atoms with Crippen LogP contribution in [0.5, 0.6) is 0 Å². The average Bonchev–Trinajstić information content (AvgIpc) is 2.19. The molecule has 0 bridgehead atoms. The van der Waals surface area contributed by atoms with E-state index in [4.69, 9.17) is 19.1 Å². The SMILES string of the molecule is C1=CCCC=CCCC=CCC1.[Cl][Pd][Cl]. The van der Waals surface area contributed by atoms with Crippen LogP contribution in [0.25, 0.3) is 0 Å². The predicted octanol–water partition coefficient (Wildman–Crippen LogP) is 5.39. The van der Waals surface area contributed by atoms with Crippen molar-refractivity contribution in [1.29, 1.82) is 0 Å². The van der Waals surface area contributed by atoms with Crippen LogP contribution in [-0.2, 0) is 15.9 Å². The van der Waals surface area contributed by atoms with Gasteiger partial charge in [-0.25, -0.2) is 0 Å². The first kappa shape index (κ1) is 15.5. The van der Waals surface area contributed by atoms with Crippen molar-refractivity contribution in [3.8, 4) is 0 Å². The molecule has 1 rings (SSSR count). The first-order chi connectivity index (χ1) is 7.41. The van der Waals surface area contributed by atoms with Crippen LogP contribution >= 0.6 is 19.1 Å². The number of halogens is 2. The van der Waals surface area contributed by atoms with Gasteiger partial charge in [0, 0.05) is 0 Å². The number of hydrogen-bond donors (Lipinski definition) is 0. The van der Waals surface area contributed by atoms with Crippen LogP contribution in [0, 0.1) is 0 Å². The van der Waals surface area contributed by atoms with E-state index in [9.17, 15) is 0 Å². The van der Waals surface area contributed by atoms with Gasteiger partial charge in [0.25, 0.3) is 0 Å². The molecule has 0 aromatic carbocycles. The Morgan fingerprint density at radius 3 is 0.800 bits per heavy atom. The van der Waals surface area contributed by atoms with E-state index in [2.05, 4.69) is 36.5 Å². The molecule has 1 aliphatic rings. The van der Waals surface area contributed by atoms with Crippen LogP contribution in [0.15, 0.2) is 36.5 Å². The third-order valence-corrected chi connectivity index (χ3v) is 2.00. The molecule has 0 heterocycles. The average molecular weight is 340 g/mol. The van der Waals surface area contributed by atoms with Gasteiger partial charge in [-0.05, 0) is 38.5 Å². The number of allylic oxidation sites excluding steroid dienone is 6. The standard InChI is InChI=1S/C12H18.2ClH.Pd/c1-2-4-6-8-10-12-11-9-7-5-3-1;;;/h1-2,7-10H,3-6,11-12H2;2*1H;/q;;;+2/p-2. The van der Waals surface area contributed by atoms with Crippen LogP contribution in [-0.4, -0.2) is 0 Å². The summed E-state index contributed by atoms with van der Waals surface area (Å²) >= 11 is -0.106. The Balaban J connectivity index is 0.000000583. The van der Waals surface area contributed by atoms with E-state index in [-0.39, 0.29) is 15.9 Å². The van der Waals surface area contributed by atoms with Gasteiger partial charge in [-0.1, -0.05) is 36.5 Å². The van der Waals surface area contributed by atoms with Crippen molar-refractivity contribution in [2.45, 2.75) is 38.5 Å². The van der Waals surface area contributed by atoms with Crippen molar-refractivity contribution in [2.24, 2.45) is 0 Å². The van der Waals surface area contributed by atoms with E-state index < -0.39 is 0 Å². The second-order valence-corrected chi connectivity index (χ2v) is 5.55. The van der Waals surface area contributed by atoms with Crippen LogP contribution in [0.1, 0.15) is 38.5 Å². The molecular formula is C12H18Cl2Pd. The fourth-order valence-electron chi connectivity index (χ4n) is 1.28. The van der Waals surface area contributed by atoms with Crippen molar-refractivity contribution in [1.82, 2.24) is 0 Å². The van der Waals surface area contributed by atoms with Crippen LogP contribution in [0.4, 0.5) is 0 Å². The molecule has 15 heavy (non-hydrogen) atoms. The van der Waals surface area contributed by atoms with Gasteiger partial charge < -0.3 is 0 Å². The molecule has 0 aromatic rings. The Morgan fingerprint density at radius 1 is 0.533 bits per heavy atom. The van der Waals surface area contributed by atoms with Gasteiger partial charge in [-0.3, -0.25) is 0 Å². The van der Waals surface area contributed by atoms with E-state index >= 15 is 0 Å². The van der Waals surface area contributed by atoms with Crippen molar-refractivity contribution >= 4 is 19.1 Å². The maximum atomic E-state index is 4.81. The summed E-state index contributed by atoms with van der Waals surface area (Å²) in [4.78, 5) is 0. The van der Waals surface area contributed by atoms with Crippen LogP contribution in [0.2, 0.25) is 0 Å². The van der Waals surface area contributed by atoms with E-state index in [0.29, 0.717) is 0 Å². The van der Waals surface area contributed by atoms with Gasteiger partial charge in [0.15, 0.2) is 0 Å². The van der Waals surface area contributed by atoms with Crippen molar-refractivity contribution in [3.05, 3.63) is 36.5 Å². The summed E-state index contributed by atoms with van der Waals surface area (Å²) in [5.74, 6) is 0. The monoisotopic (exact) mass is 338 g/mol. The van der Waals surface area contributed by atoms with E-state index in [1.165, 1.54) is 38.5 Å². The molecule has 0 spiro atoms. The molecule has 0 saturated heterocycles. The molecule has 0 N–H and O–H groups in total. The molecule has 0 aromatic heterocycles. The van der Waals surface area contributed by atoms with Gasteiger partial charge in [-0.15, -0.1) is 0 Å². The minimum atomic E-state index is -0.106. The first-order valence-corrected chi connectivity index (χ1v) is 9.19. The fraction of sp³-hybridized carbons (Fsp3) is 0.500. The third-order valence-electron chi connectivity index (χ3n) is 2.00. The molecule has 0 unspecified atom stereocenters. The zero-order chi connectivity index (χ0) is 11.2.